The lowest BCUT2D eigenvalue weighted by atomic mass is 10.1. The van der Waals surface area contributed by atoms with Crippen LogP contribution >= 0.6 is 0 Å². The Bertz CT molecular complexity index is 778. The molecule has 30 heavy (non-hydrogen) atoms. The first-order chi connectivity index (χ1) is 14.2. The van der Waals surface area contributed by atoms with Crippen LogP contribution in [-0.2, 0) is 9.16 Å². The lowest BCUT2D eigenvalue weighted by Crippen LogP contribution is -2.41. The molecule has 0 aromatic heterocycles. The molecule has 0 radical (unpaired) electrons. The molecular weight excluding hydrogens is 390 g/mol. The van der Waals surface area contributed by atoms with Crippen LogP contribution in [0.4, 0.5) is 5.69 Å². The third-order valence-corrected chi connectivity index (χ3v) is 10.1. The van der Waals surface area contributed by atoms with E-state index in [4.69, 9.17) is 13.9 Å². The van der Waals surface area contributed by atoms with Crippen LogP contribution in [-0.4, -0.2) is 41.8 Å². The molecular formula is C25H37NO3Si. The molecule has 0 aliphatic carbocycles. The fourth-order valence-electron chi connectivity index (χ4n) is 2.52. The standard InChI is InChI=1S/C25H37NO3Si/c1-25(2,3)30(5,6)29-20-18-27-17-19-28-24-15-11-22(12-16-24)8-7-21-9-13-23(26-4)14-10-21/h7-16,26H,17-20H2,1-6H3. The van der Waals surface area contributed by atoms with Gasteiger partial charge in [0, 0.05) is 12.7 Å². The number of anilines is 1. The molecule has 4 nitrogen and oxygen atoms in total. The van der Waals surface area contributed by atoms with Gasteiger partial charge in [-0.1, -0.05) is 57.2 Å². The van der Waals surface area contributed by atoms with E-state index < -0.39 is 8.32 Å². The van der Waals surface area contributed by atoms with Crippen molar-refractivity contribution >= 4 is 26.2 Å². The Hall–Kier alpha value is -2.08. The van der Waals surface area contributed by atoms with E-state index in [0.717, 1.165) is 17.0 Å². The smallest absolute Gasteiger partial charge is 0.192 e. The molecule has 2 aromatic carbocycles. The van der Waals surface area contributed by atoms with Crippen molar-refractivity contribution in [3.63, 3.8) is 0 Å². The lowest BCUT2D eigenvalue weighted by molar-refractivity contribution is 0.0730. The van der Waals surface area contributed by atoms with Gasteiger partial charge in [0.05, 0.1) is 19.8 Å². The normalized spacial score (nSPS) is 12.3. The van der Waals surface area contributed by atoms with Gasteiger partial charge < -0.3 is 19.2 Å². The molecule has 0 bridgehead atoms. The number of nitrogens with one attached hydrogen (secondary N) is 1. The molecule has 0 heterocycles. The molecule has 0 aliphatic heterocycles. The molecule has 164 valence electrons. The summed E-state index contributed by atoms with van der Waals surface area (Å²) in [6, 6.07) is 16.4. The first-order valence-corrected chi connectivity index (χ1v) is 13.5. The second kappa shape index (κ2) is 11.3. The van der Waals surface area contributed by atoms with Gasteiger partial charge in [-0.05, 0) is 53.5 Å². The second-order valence-corrected chi connectivity index (χ2v) is 13.7. The minimum atomic E-state index is -1.68. The van der Waals surface area contributed by atoms with E-state index in [2.05, 4.69) is 87.7 Å². The van der Waals surface area contributed by atoms with Crippen molar-refractivity contribution in [1.29, 1.82) is 0 Å². The lowest BCUT2D eigenvalue weighted by Gasteiger charge is -2.36. The van der Waals surface area contributed by atoms with Gasteiger partial charge in [-0.25, -0.2) is 0 Å². The maximum absolute atomic E-state index is 6.10. The fraction of sp³-hybridized carbons (Fsp3) is 0.440. The highest BCUT2D eigenvalue weighted by atomic mass is 28.4. The largest absolute Gasteiger partial charge is 0.491 e. The van der Waals surface area contributed by atoms with Crippen LogP contribution in [0.5, 0.6) is 5.75 Å². The summed E-state index contributed by atoms with van der Waals surface area (Å²) in [7, 11) is 0.238. The van der Waals surface area contributed by atoms with Crippen LogP contribution in [0.3, 0.4) is 0 Å². The third kappa shape index (κ3) is 7.98. The van der Waals surface area contributed by atoms with Crippen LogP contribution in [0.1, 0.15) is 31.9 Å². The van der Waals surface area contributed by atoms with Crippen molar-refractivity contribution in [3.05, 3.63) is 59.7 Å². The second-order valence-electron chi connectivity index (χ2n) is 8.84. The van der Waals surface area contributed by atoms with Gasteiger partial charge in [-0.3, -0.25) is 0 Å². The summed E-state index contributed by atoms with van der Waals surface area (Å²) in [6.45, 7) is 13.6. The summed E-state index contributed by atoms with van der Waals surface area (Å²) >= 11 is 0. The molecule has 0 unspecified atom stereocenters. The molecule has 0 atom stereocenters. The zero-order valence-electron chi connectivity index (χ0n) is 19.3. The Morgan fingerprint density at radius 3 is 1.87 bits per heavy atom. The van der Waals surface area contributed by atoms with Crippen molar-refractivity contribution < 1.29 is 13.9 Å². The fourth-order valence-corrected chi connectivity index (χ4v) is 3.55. The third-order valence-electron chi connectivity index (χ3n) is 5.54. The predicted molar refractivity (Wildman–Crippen MR) is 131 cm³/mol. The van der Waals surface area contributed by atoms with E-state index >= 15 is 0 Å². The monoisotopic (exact) mass is 427 g/mol. The summed E-state index contributed by atoms with van der Waals surface area (Å²) in [6.07, 6.45) is 4.21. The minimum absolute atomic E-state index is 0.231. The molecule has 0 spiro atoms. The summed E-state index contributed by atoms with van der Waals surface area (Å²) in [5, 5.41) is 3.36. The summed E-state index contributed by atoms with van der Waals surface area (Å²) in [5.41, 5.74) is 3.42. The van der Waals surface area contributed by atoms with E-state index in [1.807, 2.05) is 19.2 Å². The van der Waals surface area contributed by atoms with E-state index in [0.29, 0.717) is 26.4 Å². The molecule has 0 aliphatic rings. The first kappa shape index (κ1) is 24.2. The van der Waals surface area contributed by atoms with Gasteiger partial charge in [-0.15, -0.1) is 0 Å². The molecule has 0 saturated heterocycles. The van der Waals surface area contributed by atoms with Crippen LogP contribution in [0.25, 0.3) is 12.2 Å². The quantitative estimate of drug-likeness (QED) is 0.259. The first-order valence-electron chi connectivity index (χ1n) is 10.6. The van der Waals surface area contributed by atoms with Crippen LogP contribution < -0.4 is 10.1 Å². The highest BCUT2D eigenvalue weighted by Crippen LogP contribution is 2.36. The Morgan fingerprint density at radius 1 is 0.800 bits per heavy atom. The SMILES string of the molecule is CNc1ccc(C=Cc2ccc(OCCOCCO[Si](C)(C)C(C)(C)C)cc2)cc1. The maximum atomic E-state index is 6.10. The Kier molecular flexibility index (Phi) is 9.15. The maximum Gasteiger partial charge on any atom is 0.192 e. The molecule has 1 N–H and O–H groups in total. The number of hydrogen-bond acceptors (Lipinski definition) is 4. The molecule has 0 fully saturated rings. The molecule has 0 amide bonds. The van der Waals surface area contributed by atoms with Crippen molar-refractivity contribution in [2.24, 2.45) is 0 Å². The summed E-state index contributed by atoms with van der Waals surface area (Å²) in [4.78, 5) is 0. The summed E-state index contributed by atoms with van der Waals surface area (Å²) in [5.74, 6) is 0.853. The number of rotatable bonds is 11. The van der Waals surface area contributed by atoms with E-state index in [1.165, 1.54) is 5.56 Å². The van der Waals surface area contributed by atoms with E-state index in [-0.39, 0.29) is 5.04 Å². The van der Waals surface area contributed by atoms with Crippen molar-refractivity contribution in [3.8, 4) is 5.75 Å². The predicted octanol–water partition coefficient (Wildman–Crippen LogP) is 6.32. The highest BCUT2D eigenvalue weighted by Gasteiger charge is 2.36. The van der Waals surface area contributed by atoms with Crippen molar-refractivity contribution in [2.75, 3.05) is 38.8 Å². The topological polar surface area (TPSA) is 39.7 Å². The van der Waals surface area contributed by atoms with E-state index in [9.17, 15) is 0 Å². The van der Waals surface area contributed by atoms with Gasteiger partial charge in [-0.2, -0.15) is 0 Å². The van der Waals surface area contributed by atoms with Gasteiger partial charge in [0.15, 0.2) is 8.32 Å². The number of ether oxygens (including phenoxy) is 2. The van der Waals surface area contributed by atoms with Gasteiger partial charge >= 0.3 is 0 Å². The summed E-state index contributed by atoms with van der Waals surface area (Å²) < 4.78 is 17.5. The zero-order chi connectivity index (χ0) is 22.0. The van der Waals surface area contributed by atoms with Crippen LogP contribution in [0.2, 0.25) is 18.1 Å². The minimum Gasteiger partial charge on any atom is -0.491 e. The Balaban J connectivity index is 1.65. The zero-order valence-corrected chi connectivity index (χ0v) is 20.3. The number of hydrogen-bond donors (Lipinski definition) is 1. The van der Waals surface area contributed by atoms with Crippen LogP contribution in [0, 0.1) is 0 Å². The molecule has 0 saturated carbocycles. The Morgan fingerprint density at radius 2 is 1.33 bits per heavy atom. The highest BCUT2D eigenvalue weighted by molar-refractivity contribution is 6.74. The van der Waals surface area contributed by atoms with E-state index in [1.54, 1.807) is 0 Å². The van der Waals surface area contributed by atoms with Gasteiger partial charge in [0.1, 0.15) is 12.4 Å². The van der Waals surface area contributed by atoms with Gasteiger partial charge in [0.2, 0.25) is 0 Å². The average molecular weight is 428 g/mol. The van der Waals surface area contributed by atoms with Gasteiger partial charge in [0.25, 0.3) is 0 Å². The van der Waals surface area contributed by atoms with Crippen molar-refractivity contribution in [2.45, 2.75) is 38.9 Å². The molecule has 5 heteroatoms. The number of benzene rings is 2. The Labute approximate surface area is 183 Å². The van der Waals surface area contributed by atoms with Crippen molar-refractivity contribution in [1.82, 2.24) is 0 Å². The average Bonchev–Trinajstić information content (AvgIpc) is 2.72. The molecule has 2 aromatic rings. The molecule has 2 rings (SSSR count). The van der Waals surface area contributed by atoms with Crippen LogP contribution in [0.15, 0.2) is 48.5 Å².